The Hall–Kier alpha value is -4.07. The van der Waals surface area contributed by atoms with Crippen LogP contribution < -0.4 is 0 Å². The summed E-state index contributed by atoms with van der Waals surface area (Å²) in [6.45, 7) is 0. The molecule has 34 heavy (non-hydrogen) atoms. The van der Waals surface area contributed by atoms with E-state index in [0.29, 0.717) is 5.02 Å². The molecule has 0 N–H and O–H groups in total. The van der Waals surface area contributed by atoms with E-state index in [0.717, 1.165) is 27.5 Å². The summed E-state index contributed by atoms with van der Waals surface area (Å²) in [5.74, 6) is 0. The Morgan fingerprint density at radius 1 is 0.471 bits per heavy atom. The van der Waals surface area contributed by atoms with Crippen molar-refractivity contribution < 1.29 is 4.42 Å². The number of hydrogen-bond donors (Lipinski definition) is 0. The average molecular weight is 455 g/mol. The summed E-state index contributed by atoms with van der Waals surface area (Å²) in [7, 11) is 0. The first-order valence-electron chi connectivity index (χ1n) is 11.4. The molecule has 160 valence electrons. The second kappa shape index (κ2) is 7.48. The van der Waals surface area contributed by atoms with Crippen LogP contribution in [0.3, 0.4) is 0 Å². The van der Waals surface area contributed by atoms with Gasteiger partial charge in [0.1, 0.15) is 11.2 Å². The second-order valence-corrected chi connectivity index (χ2v) is 9.10. The smallest absolute Gasteiger partial charge is 0.136 e. The van der Waals surface area contributed by atoms with Gasteiger partial charge in [-0.2, -0.15) is 0 Å². The van der Waals surface area contributed by atoms with Crippen molar-refractivity contribution in [3.63, 3.8) is 0 Å². The summed E-state index contributed by atoms with van der Waals surface area (Å²) in [5, 5.41) is 7.76. The predicted molar refractivity (Wildman–Crippen MR) is 145 cm³/mol. The SMILES string of the molecule is Clc1cccc2oc3ccc(-c4ccc5c(c4)cc(-c4ccccc4)c4ccccc45)cc3c12. The summed E-state index contributed by atoms with van der Waals surface area (Å²) in [4.78, 5) is 0. The molecule has 2 heteroatoms. The largest absolute Gasteiger partial charge is 0.456 e. The Balaban J connectivity index is 1.47. The van der Waals surface area contributed by atoms with Gasteiger partial charge in [-0.25, -0.2) is 0 Å². The number of hydrogen-bond acceptors (Lipinski definition) is 1. The number of furan rings is 1. The molecule has 0 aliphatic carbocycles. The lowest BCUT2D eigenvalue weighted by Crippen LogP contribution is -1.86. The predicted octanol–water partition coefficient (Wildman–Crippen LogP) is 9.88. The molecule has 1 nitrogen and oxygen atoms in total. The Bertz CT molecular complexity index is 1860. The molecule has 0 unspecified atom stereocenters. The van der Waals surface area contributed by atoms with Gasteiger partial charge in [-0.1, -0.05) is 90.5 Å². The molecule has 1 aromatic heterocycles. The third kappa shape index (κ3) is 2.95. The Labute approximate surface area is 201 Å². The highest BCUT2D eigenvalue weighted by Crippen LogP contribution is 2.39. The molecule has 0 saturated heterocycles. The minimum Gasteiger partial charge on any atom is -0.456 e. The molecular formula is C32H19ClO. The highest BCUT2D eigenvalue weighted by Gasteiger charge is 2.13. The molecule has 0 saturated carbocycles. The fourth-order valence-electron chi connectivity index (χ4n) is 5.11. The standard InChI is InChI=1S/C32H19ClO/c33-29-11-6-12-31-32(29)28-18-22(14-16-30(28)34-31)21-13-15-24-23(17-21)19-27(20-7-2-1-3-8-20)26-10-5-4-9-25(24)26/h1-19H. The monoisotopic (exact) mass is 454 g/mol. The molecule has 0 aliphatic rings. The van der Waals surface area contributed by atoms with Crippen LogP contribution in [0.15, 0.2) is 120 Å². The van der Waals surface area contributed by atoms with Crippen molar-refractivity contribution in [2.45, 2.75) is 0 Å². The molecular weight excluding hydrogens is 436 g/mol. The molecule has 0 atom stereocenters. The maximum Gasteiger partial charge on any atom is 0.136 e. The van der Waals surface area contributed by atoms with Gasteiger partial charge in [-0.3, -0.25) is 0 Å². The van der Waals surface area contributed by atoms with Crippen molar-refractivity contribution in [1.82, 2.24) is 0 Å². The van der Waals surface area contributed by atoms with Gasteiger partial charge < -0.3 is 4.42 Å². The number of fused-ring (bicyclic) bond motifs is 6. The van der Waals surface area contributed by atoms with E-state index in [1.165, 1.54) is 38.2 Å². The van der Waals surface area contributed by atoms with E-state index in [1.807, 2.05) is 24.3 Å². The van der Waals surface area contributed by atoms with Gasteiger partial charge in [-0.05, 0) is 80.2 Å². The van der Waals surface area contributed by atoms with E-state index < -0.39 is 0 Å². The first-order valence-corrected chi connectivity index (χ1v) is 11.8. The molecule has 7 aromatic rings. The van der Waals surface area contributed by atoms with Crippen molar-refractivity contribution >= 4 is 55.1 Å². The van der Waals surface area contributed by atoms with Crippen molar-refractivity contribution in [2.75, 3.05) is 0 Å². The molecule has 0 bridgehead atoms. The van der Waals surface area contributed by atoms with Gasteiger partial charge in [0, 0.05) is 10.8 Å². The molecule has 7 rings (SSSR count). The molecule has 0 radical (unpaired) electrons. The van der Waals surface area contributed by atoms with Crippen LogP contribution >= 0.6 is 11.6 Å². The molecule has 0 amide bonds. The maximum absolute atomic E-state index is 6.52. The zero-order chi connectivity index (χ0) is 22.6. The van der Waals surface area contributed by atoms with Gasteiger partial charge in [0.05, 0.1) is 5.02 Å². The minimum absolute atomic E-state index is 0.714. The number of halogens is 1. The van der Waals surface area contributed by atoms with E-state index >= 15 is 0 Å². The fraction of sp³-hybridized carbons (Fsp3) is 0. The van der Waals surface area contributed by atoms with Crippen LogP contribution in [0.1, 0.15) is 0 Å². The van der Waals surface area contributed by atoms with Gasteiger partial charge in [0.25, 0.3) is 0 Å². The third-order valence-corrected chi connectivity index (χ3v) is 7.04. The third-order valence-electron chi connectivity index (χ3n) is 6.72. The Morgan fingerprint density at radius 3 is 2.12 bits per heavy atom. The first kappa shape index (κ1) is 19.4. The average Bonchev–Trinajstić information content (AvgIpc) is 3.27. The van der Waals surface area contributed by atoms with Crippen LogP contribution in [-0.4, -0.2) is 0 Å². The maximum atomic E-state index is 6.52. The topological polar surface area (TPSA) is 13.1 Å². The zero-order valence-electron chi connectivity index (χ0n) is 18.3. The van der Waals surface area contributed by atoms with Gasteiger partial charge in [0.15, 0.2) is 0 Å². The highest BCUT2D eigenvalue weighted by molar-refractivity contribution is 6.37. The van der Waals surface area contributed by atoms with E-state index in [1.54, 1.807) is 0 Å². The quantitative estimate of drug-likeness (QED) is 0.237. The number of rotatable bonds is 2. The zero-order valence-corrected chi connectivity index (χ0v) is 19.0. The van der Waals surface area contributed by atoms with Crippen molar-refractivity contribution in [3.05, 3.63) is 120 Å². The second-order valence-electron chi connectivity index (χ2n) is 8.70. The van der Waals surface area contributed by atoms with Crippen LogP contribution in [0.5, 0.6) is 0 Å². The summed E-state index contributed by atoms with van der Waals surface area (Å²) in [6.07, 6.45) is 0. The normalized spacial score (nSPS) is 11.7. The Kier molecular flexibility index (Phi) is 4.27. The van der Waals surface area contributed by atoms with Crippen LogP contribution in [0, 0.1) is 0 Å². The lowest BCUT2D eigenvalue weighted by atomic mass is 9.91. The fourth-order valence-corrected chi connectivity index (χ4v) is 5.38. The first-order chi connectivity index (χ1) is 16.8. The van der Waals surface area contributed by atoms with Crippen molar-refractivity contribution in [3.8, 4) is 22.3 Å². The van der Waals surface area contributed by atoms with E-state index in [9.17, 15) is 0 Å². The van der Waals surface area contributed by atoms with Gasteiger partial charge in [0.2, 0.25) is 0 Å². The minimum atomic E-state index is 0.714. The lowest BCUT2D eigenvalue weighted by Gasteiger charge is -2.12. The highest BCUT2D eigenvalue weighted by atomic mass is 35.5. The molecule has 1 heterocycles. The van der Waals surface area contributed by atoms with E-state index in [4.69, 9.17) is 16.0 Å². The van der Waals surface area contributed by atoms with Crippen LogP contribution in [0.4, 0.5) is 0 Å². The number of benzene rings is 6. The molecule has 0 fully saturated rings. The summed E-state index contributed by atoms with van der Waals surface area (Å²) in [5.41, 5.74) is 6.47. The van der Waals surface area contributed by atoms with Crippen molar-refractivity contribution in [1.29, 1.82) is 0 Å². The van der Waals surface area contributed by atoms with Gasteiger partial charge in [-0.15, -0.1) is 0 Å². The van der Waals surface area contributed by atoms with Crippen molar-refractivity contribution in [2.24, 2.45) is 0 Å². The summed E-state index contributed by atoms with van der Waals surface area (Å²) < 4.78 is 6.02. The lowest BCUT2D eigenvalue weighted by molar-refractivity contribution is 0.669. The van der Waals surface area contributed by atoms with E-state index in [-0.39, 0.29) is 0 Å². The molecule has 6 aromatic carbocycles. The summed E-state index contributed by atoms with van der Waals surface area (Å²) in [6, 6.07) is 40.5. The molecule has 0 spiro atoms. The Morgan fingerprint density at radius 2 is 1.24 bits per heavy atom. The summed E-state index contributed by atoms with van der Waals surface area (Å²) >= 11 is 6.52. The van der Waals surface area contributed by atoms with Gasteiger partial charge >= 0.3 is 0 Å². The van der Waals surface area contributed by atoms with Crippen LogP contribution in [0.25, 0.3) is 65.7 Å². The van der Waals surface area contributed by atoms with Crippen LogP contribution in [0.2, 0.25) is 5.02 Å². The molecule has 0 aliphatic heterocycles. The van der Waals surface area contributed by atoms with E-state index in [2.05, 4.69) is 91.0 Å². The van der Waals surface area contributed by atoms with Crippen LogP contribution in [-0.2, 0) is 0 Å².